The van der Waals surface area contributed by atoms with Gasteiger partial charge in [0.1, 0.15) is 5.15 Å². The first-order valence-corrected chi connectivity index (χ1v) is 4.43. The van der Waals surface area contributed by atoms with Gasteiger partial charge in [0.15, 0.2) is 0 Å². The molecule has 2 aromatic heterocycles. The Bertz CT molecular complexity index is 515. The molecule has 0 aliphatic carbocycles. The van der Waals surface area contributed by atoms with Crippen molar-refractivity contribution in [1.29, 1.82) is 0 Å². The lowest BCUT2D eigenvalue weighted by molar-refractivity contribution is 0.742. The van der Waals surface area contributed by atoms with Crippen molar-refractivity contribution in [3.63, 3.8) is 0 Å². The Morgan fingerprint density at radius 3 is 2.93 bits per heavy atom. The van der Waals surface area contributed by atoms with Gasteiger partial charge in [0.2, 0.25) is 0 Å². The van der Waals surface area contributed by atoms with Gasteiger partial charge in [-0.2, -0.15) is 0 Å². The molecule has 0 amide bonds. The minimum atomic E-state index is -0.0973. The fourth-order valence-electron chi connectivity index (χ4n) is 1.21. The molecule has 0 bridgehead atoms. The van der Waals surface area contributed by atoms with Crippen molar-refractivity contribution >= 4 is 11.6 Å². The van der Waals surface area contributed by atoms with Gasteiger partial charge in [0, 0.05) is 24.9 Å². The van der Waals surface area contributed by atoms with Crippen LogP contribution in [0.3, 0.4) is 0 Å². The highest BCUT2D eigenvalue weighted by Gasteiger charge is 2.06. The van der Waals surface area contributed by atoms with E-state index >= 15 is 0 Å². The molecule has 4 nitrogen and oxygen atoms in total. The third-order valence-corrected chi connectivity index (χ3v) is 2.24. The molecule has 0 atom stereocenters. The second-order valence-electron chi connectivity index (χ2n) is 2.91. The molecule has 0 fully saturated rings. The molecule has 0 unspecified atom stereocenters. The molecule has 2 aromatic rings. The molecule has 0 saturated carbocycles. The first-order chi connectivity index (χ1) is 6.68. The van der Waals surface area contributed by atoms with E-state index in [-0.39, 0.29) is 5.56 Å². The summed E-state index contributed by atoms with van der Waals surface area (Å²) in [5, 5.41) is 3.26. The monoisotopic (exact) mass is 209 g/mol. The highest BCUT2D eigenvalue weighted by atomic mass is 35.5. The third kappa shape index (κ3) is 1.44. The van der Waals surface area contributed by atoms with E-state index in [1.807, 2.05) is 0 Å². The first-order valence-electron chi connectivity index (χ1n) is 4.05. The average molecular weight is 210 g/mol. The SMILES string of the molecule is Cn1[nH]c(-c2cccnc2Cl)cc1=O. The lowest BCUT2D eigenvalue weighted by Gasteiger charge is -1.98. The van der Waals surface area contributed by atoms with Crippen molar-refractivity contribution in [2.75, 3.05) is 0 Å². The molecule has 14 heavy (non-hydrogen) atoms. The summed E-state index contributed by atoms with van der Waals surface area (Å²) in [6.45, 7) is 0. The third-order valence-electron chi connectivity index (χ3n) is 1.94. The van der Waals surface area contributed by atoms with Crippen LogP contribution in [0.4, 0.5) is 0 Å². The molecule has 0 aliphatic heterocycles. The molecule has 5 heteroatoms. The zero-order valence-corrected chi connectivity index (χ0v) is 8.25. The van der Waals surface area contributed by atoms with Gasteiger partial charge >= 0.3 is 0 Å². The van der Waals surface area contributed by atoms with Gasteiger partial charge in [-0.3, -0.25) is 14.6 Å². The van der Waals surface area contributed by atoms with E-state index in [4.69, 9.17) is 11.6 Å². The average Bonchev–Trinajstić information content (AvgIpc) is 2.48. The predicted molar refractivity (Wildman–Crippen MR) is 54.3 cm³/mol. The Hall–Kier alpha value is -1.55. The molecule has 72 valence electrons. The van der Waals surface area contributed by atoms with Gasteiger partial charge in [-0.05, 0) is 12.1 Å². The number of pyridine rings is 1. The quantitative estimate of drug-likeness (QED) is 0.723. The number of hydrogen-bond donors (Lipinski definition) is 1. The van der Waals surface area contributed by atoms with E-state index < -0.39 is 0 Å². The Kier molecular flexibility index (Phi) is 2.13. The second-order valence-corrected chi connectivity index (χ2v) is 3.27. The van der Waals surface area contributed by atoms with Gasteiger partial charge < -0.3 is 0 Å². The fraction of sp³-hybridized carbons (Fsp3) is 0.111. The maximum Gasteiger partial charge on any atom is 0.266 e. The molecular formula is C9H8ClN3O. The van der Waals surface area contributed by atoms with Crippen molar-refractivity contribution in [2.45, 2.75) is 0 Å². The molecule has 0 radical (unpaired) electrons. The predicted octanol–water partition coefficient (Wildman–Crippen LogP) is 1.43. The lowest BCUT2D eigenvalue weighted by atomic mass is 10.2. The van der Waals surface area contributed by atoms with E-state index in [0.717, 1.165) is 5.56 Å². The van der Waals surface area contributed by atoms with Crippen LogP contribution in [-0.4, -0.2) is 14.8 Å². The minimum Gasteiger partial charge on any atom is -0.295 e. The van der Waals surface area contributed by atoms with Gasteiger partial charge in [-0.25, -0.2) is 4.98 Å². The van der Waals surface area contributed by atoms with Crippen LogP contribution in [-0.2, 0) is 7.05 Å². The molecule has 0 spiro atoms. The first kappa shape index (κ1) is 9.02. The van der Waals surface area contributed by atoms with Crippen molar-refractivity contribution in [3.8, 4) is 11.3 Å². The zero-order chi connectivity index (χ0) is 10.1. The van der Waals surface area contributed by atoms with E-state index in [0.29, 0.717) is 10.8 Å². The van der Waals surface area contributed by atoms with Crippen LogP contribution >= 0.6 is 11.6 Å². The van der Waals surface area contributed by atoms with Gasteiger partial charge in [-0.1, -0.05) is 11.6 Å². The maximum absolute atomic E-state index is 11.2. The van der Waals surface area contributed by atoms with E-state index in [1.54, 1.807) is 25.4 Å². The Labute approximate surface area is 85.1 Å². The molecule has 0 aromatic carbocycles. The van der Waals surface area contributed by atoms with Crippen molar-refractivity contribution in [2.24, 2.45) is 7.05 Å². The topological polar surface area (TPSA) is 50.7 Å². The number of nitrogens with zero attached hydrogens (tertiary/aromatic N) is 2. The largest absolute Gasteiger partial charge is 0.295 e. The zero-order valence-electron chi connectivity index (χ0n) is 7.49. The molecule has 0 aliphatic rings. The molecule has 2 rings (SSSR count). The van der Waals surface area contributed by atoms with Crippen LogP contribution in [0, 0.1) is 0 Å². The van der Waals surface area contributed by atoms with Crippen LogP contribution in [0.5, 0.6) is 0 Å². The number of aromatic amines is 1. The van der Waals surface area contributed by atoms with E-state index in [2.05, 4.69) is 10.1 Å². The van der Waals surface area contributed by atoms with Crippen molar-refractivity contribution in [3.05, 3.63) is 39.9 Å². The van der Waals surface area contributed by atoms with Crippen LogP contribution in [0.2, 0.25) is 5.15 Å². The summed E-state index contributed by atoms with van der Waals surface area (Å²) in [6, 6.07) is 5.07. The number of nitrogens with one attached hydrogen (secondary N) is 1. The van der Waals surface area contributed by atoms with Crippen LogP contribution in [0.15, 0.2) is 29.2 Å². The van der Waals surface area contributed by atoms with Gasteiger partial charge in [0.05, 0.1) is 5.69 Å². The summed E-state index contributed by atoms with van der Waals surface area (Å²) in [5.74, 6) is 0. The lowest BCUT2D eigenvalue weighted by Crippen LogP contribution is -2.09. The molecular weight excluding hydrogens is 202 g/mol. The normalized spacial score (nSPS) is 10.4. The maximum atomic E-state index is 11.2. The number of hydrogen-bond acceptors (Lipinski definition) is 2. The summed E-state index contributed by atoms with van der Waals surface area (Å²) in [4.78, 5) is 15.1. The van der Waals surface area contributed by atoms with Gasteiger partial charge in [-0.15, -0.1) is 0 Å². The Morgan fingerprint density at radius 2 is 2.36 bits per heavy atom. The van der Waals surface area contributed by atoms with Crippen molar-refractivity contribution in [1.82, 2.24) is 14.8 Å². The standard InChI is InChI=1S/C9H8ClN3O/c1-13-8(14)5-7(12-13)6-3-2-4-11-9(6)10/h2-5,12H,1H3. The number of aryl methyl sites for hydroxylation is 1. The second kappa shape index (κ2) is 3.31. The number of aromatic nitrogens is 3. The van der Waals surface area contributed by atoms with Crippen LogP contribution in [0.1, 0.15) is 0 Å². The fourth-order valence-corrected chi connectivity index (χ4v) is 1.43. The van der Waals surface area contributed by atoms with Crippen LogP contribution in [0.25, 0.3) is 11.3 Å². The minimum absolute atomic E-state index is 0.0973. The van der Waals surface area contributed by atoms with E-state index in [9.17, 15) is 4.79 Å². The molecule has 1 N–H and O–H groups in total. The number of halogens is 1. The highest BCUT2D eigenvalue weighted by molar-refractivity contribution is 6.31. The smallest absolute Gasteiger partial charge is 0.266 e. The Morgan fingerprint density at radius 1 is 1.57 bits per heavy atom. The Balaban J connectivity index is 2.60. The summed E-state index contributed by atoms with van der Waals surface area (Å²) in [5.41, 5.74) is 1.31. The summed E-state index contributed by atoms with van der Waals surface area (Å²) < 4.78 is 1.39. The summed E-state index contributed by atoms with van der Waals surface area (Å²) in [6.07, 6.45) is 1.60. The number of H-pyrrole nitrogens is 1. The summed E-state index contributed by atoms with van der Waals surface area (Å²) >= 11 is 5.88. The highest BCUT2D eigenvalue weighted by Crippen LogP contribution is 2.22. The number of rotatable bonds is 1. The van der Waals surface area contributed by atoms with E-state index in [1.165, 1.54) is 10.7 Å². The van der Waals surface area contributed by atoms with Gasteiger partial charge in [0.25, 0.3) is 5.56 Å². The molecule has 0 saturated heterocycles. The van der Waals surface area contributed by atoms with Crippen LogP contribution < -0.4 is 5.56 Å². The molecule has 2 heterocycles. The van der Waals surface area contributed by atoms with Crippen molar-refractivity contribution < 1.29 is 0 Å². The summed E-state index contributed by atoms with van der Waals surface area (Å²) in [7, 11) is 1.65.